The molecule has 0 heterocycles. The van der Waals surface area contributed by atoms with Crippen LogP contribution in [0.1, 0.15) is 5.56 Å². The van der Waals surface area contributed by atoms with Crippen LogP contribution in [0.5, 0.6) is 11.5 Å². The summed E-state index contributed by atoms with van der Waals surface area (Å²) in [5, 5.41) is 2.71. The Balaban J connectivity index is 2.14. The van der Waals surface area contributed by atoms with Crippen molar-refractivity contribution >= 4 is 29.3 Å². The summed E-state index contributed by atoms with van der Waals surface area (Å²) in [6.45, 7) is 0. The maximum atomic E-state index is 13.0. The van der Waals surface area contributed by atoms with Crippen molar-refractivity contribution in [2.24, 2.45) is 0 Å². The lowest BCUT2D eigenvalue weighted by Gasteiger charge is -2.07. The van der Waals surface area contributed by atoms with Gasteiger partial charge < -0.3 is 14.8 Å². The normalized spacial score (nSPS) is 10.6. The molecule has 0 saturated heterocycles. The maximum Gasteiger partial charge on any atom is 0.248 e. The monoisotopic (exact) mass is 335 g/mol. The zero-order valence-corrected chi connectivity index (χ0v) is 13.4. The molecule has 1 amide bonds. The Morgan fingerprint density at radius 2 is 1.96 bits per heavy atom. The Bertz CT molecular complexity index is 747. The number of anilines is 1. The third-order valence-electron chi connectivity index (χ3n) is 3.04. The molecule has 0 atom stereocenters. The van der Waals surface area contributed by atoms with Crippen molar-refractivity contribution in [3.05, 3.63) is 58.9 Å². The van der Waals surface area contributed by atoms with Gasteiger partial charge in [0, 0.05) is 11.6 Å². The highest BCUT2D eigenvalue weighted by molar-refractivity contribution is 6.33. The average molecular weight is 336 g/mol. The van der Waals surface area contributed by atoms with E-state index in [1.54, 1.807) is 31.4 Å². The van der Waals surface area contributed by atoms with E-state index in [0.29, 0.717) is 22.7 Å². The quantitative estimate of drug-likeness (QED) is 0.835. The second-order valence-electron chi connectivity index (χ2n) is 4.55. The summed E-state index contributed by atoms with van der Waals surface area (Å²) in [5.74, 6) is 0.384. The number of carbonyl (C=O) groups excluding carboxylic acids is 1. The molecule has 4 nitrogen and oxygen atoms in total. The number of benzene rings is 2. The molecule has 0 aliphatic rings. The second kappa shape index (κ2) is 7.65. The molecule has 0 radical (unpaired) electrons. The molecular weight excluding hydrogens is 321 g/mol. The number of amides is 1. The summed E-state index contributed by atoms with van der Waals surface area (Å²) >= 11 is 5.86. The van der Waals surface area contributed by atoms with Crippen LogP contribution in [0.2, 0.25) is 5.02 Å². The summed E-state index contributed by atoms with van der Waals surface area (Å²) in [7, 11) is 3.09. The van der Waals surface area contributed by atoms with Crippen molar-refractivity contribution in [2.75, 3.05) is 19.5 Å². The molecule has 2 aromatic carbocycles. The van der Waals surface area contributed by atoms with E-state index in [1.165, 1.54) is 25.3 Å². The summed E-state index contributed by atoms with van der Waals surface area (Å²) < 4.78 is 23.3. The van der Waals surface area contributed by atoms with Crippen LogP contribution >= 0.6 is 11.6 Å². The van der Waals surface area contributed by atoms with Gasteiger partial charge in [-0.2, -0.15) is 0 Å². The predicted molar refractivity (Wildman–Crippen MR) is 88.6 cm³/mol. The van der Waals surface area contributed by atoms with Crippen molar-refractivity contribution in [1.82, 2.24) is 0 Å². The van der Waals surface area contributed by atoms with Crippen LogP contribution in [0.4, 0.5) is 10.1 Å². The minimum absolute atomic E-state index is 0.130. The molecule has 0 unspecified atom stereocenters. The molecule has 0 aliphatic carbocycles. The van der Waals surface area contributed by atoms with Gasteiger partial charge in [-0.1, -0.05) is 11.6 Å². The van der Waals surface area contributed by atoms with Crippen molar-refractivity contribution < 1.29 is 18.7 Å². The molecule has 0 fully saturated rings. The van der Waals surface area contributed by atoms with E-state index < -0.39 is 11.7 Å². The number of hydrogen-bond donors (Lipinski definition) is 1. The molecule has 0 aromatic heterocycles. The Labute approximate surface area is 138 Å². The van der Waals surface area contributed by atoms with Crippen LogP contribution in [0.3, 0.4) is 0 Å². The van der Waals surface area contributed by atoms with Crippen LogP contribution in [0.25, 0.3) is 6.08 Å². The number of nitrogens with one attached hydrogen (secondary N) is 1. The highest BCUT2D eigenvalue weighted by Gasteiger charge is 2.06. The van der Waals surface area contributed by atoms with Gasteiger partial charge in [0.1, 0.15) is 17.3 Å². The van der Waals surface area contributed by atoms with Gasteiger partial charge in [-0.3, -0.25) is 4.79 Å². The Morgan fingerprint density at radius 3 is 2.61 bits per heavy atom. The highest BCUT2D eigenvalue weighted by atomic mass is 35.5. The van der Waals surface area contributed by atoms with Gasteiger partial charge in [-0.05, 0) is 42.5 Å². The molecule has 2 rings (SSSR count). The van der Waals surface area contributed by atoms with Crippen LogP contribution in [0, 0.1) is 5.82 Å². The molecule has 0 saturated carbocycles. The first-order valence-electron chi connectivity index (χ1n) is 6.69. The summed E-state index contributed by atoms with van der Waals surface area (Å²) in [5.41, 5.74) is 1.02. The Kier molecular flexibility index (Phi) is 5.60. The molecule has 1 N–H and O–H groups in total. The number of rotatable bonds is 5. The topological polar surface area (TPSA) is 47.6 Å². The van der Waals surface area contributed by atoms with Crippen molar-refractivity contribution in [3.63, 3.8) is 0 Å². The molecule has 23 heavy (non-hydrogen) atoms. The molecule has 0 bridgehead atoms. The fourth-order valence-electron chi connectivity index (χ4n) is 1.90. The molecule has 120 valence electrons. The Morgan fingerprint density at radius 1 is 1.17 bits per heavy atom. The van der Waals surface area contributed by atoms with Crippen molar-refractivity contribution in [3.8, 4) is 11.5 Å². The number of hydrogen-bond acceptors (Lipinski definition) is 3. The fourth-order valence-corrected chi connectivity index (χ4v) is 2.11. The third kappa shape index (κ3) is 4.47. The second-order valence-corrected chi connectivity index (χ2v) is 4.96. The largest absolute Gasteiger partial charge is 0.497 e. The van der Waals surface area contributed by atoms with Gasteiger partial charge >= 0.3 is 0 Å². The smallest absolute Gasteiger partial charge is 0.248 e. The van der Waals surface area contributed by atoms with E-state index in [4.69, 9.17) is 21.1 Å². The summed E-state index contributed by atoms with van der Waals surface area (Å²) in [6, 6.07) is 8.99. The van der Waals surface area contributed by atoms with E-state index >= 15 is 0 Å². The number of methoxy groups -OCH3 is 2. The van der Waals surface area contributed by atoms with E-state index in [1.807, 2.05) is 0 Å². The number of carbonyl (C=O) groups is 1. The van der Waals surface area contributed by atoms with Gasteiger partial charge in [0.2, 0.25) is 5.91 Å². The van der Waals surface area contributed by atoms with Gasteiger partial charge in [-0.25, -0.2) is 4.39 Å². The lowest BCUT2D eigenvalue weighted by Crippen LogP contribution is -2.08. The number of halogens is 2. The molecule has 6 heteroatoms. The first kappa shape index (κ1) is 16.8. The van der Waals surface area contributed by atoms with Crippen LogP contribution in [0.15, 0.2) is 42.5 Å². The zero-order chi connectivity index (χ0) is 16.8. The van der Waals surface area contributed by atoms with Crippen LogP contribution in [-0.2, 0) is 4.79 Å². The molecule has 2 aromatic rings. The van der Waals surface area contributed by atoms with Crippen LogP contribution < -0.4 is 14.8 Å². The first-order chi connectivity index (χ1) is 11.0. The predicted octanol–water partition coefficient (Wildman–Crippen LogP) is 4.15. The molecule has 0 aliphatic heterocycles. The number of ether oxygens (including phenoxy) is 2. The third-order valence-corrected chi connectivity index (χ3v) is 3.35. The van der Waals surface area contributed by atoms with E-state index in [0.717, 1.165) is 6.07 Å². The van der Waals surface area contributed by atoms with Gasteiger partial charge in [0.25, 0.3) is 0 Å². The lowest BCUT2D eigenvalue weighted by atomic mass is 10.1. The summed E-state index contributed by atoms with van der Waals surface area (Å²) in [6.07, 6.45) is 2.92. The highest BCUT2D eigenvalue weighted by Crippen LogP contribution is 2.25. The lowest BCUT2D eigenvalue weighted by molar-refractivity contribution is -0.111. The van der Waals surface area contributed by atoms with E-state index in [9.17, 15) is 9.18 Å². The first-order valence-corrected chi connectivity index (χ1v) is 7.07. The molecular formula is C17H15ClFNO3. The minimum Gasteiger partial charge on any atom is -0.497 e. The fraction of sp³-hybridized carbons (Fsp3) is 0.118. The molecule has 0 spiro atoms. The maximum absolute atomic E-state index is 13.0. The zero-order valence-electron chi connectivity index (χ0n) is 12.6. The SMILES string of the molecule is COc1ccc(OC)c(/C=C/C(=O)Nc2ccc(F)cc2Cl)c1. The van der Waals surface area contributed by atoms with Crippen LogP contribution in [-0.4, -0.2) is 20.1 Å². The standard InChI is InChI=1S/C17H15ClFNO3/c1-22-13-5-7-16(23-2)11(9-13)3-8-17(21)20-15-6-4-12(19)10-14(15)18/h3-10H,1-2H3,(H,20,21)/b8-3+. The Hall–Kier alpha value is -2.53. The van der Waals surface area contributed by atoms with Gasteiger partial charge in [0.05, 0.1) is 24.9 Å². The van der Waals surface area contributed by atoms with Gasteiger partial charge in [0.15, 0.2) is 0 Å². The average Bonchev–Trinajstić information content (AvgIpc) is 2.55. The van der Waals surface area contributed by atoms with Crippen molar-refractivity contribution in [1.29, 1.82) is 0 Å². The minimum atomic E-state index is -0.468. The van der Waals surface area contributed by atoms with Crippen molar-refractivity contribution in [2.45, 2.75) is 0 Å². The summed E-state index contributed by atoms with van der Waals surface area (Å²) in [4.78, 5) is 12.0. The van der Waals surface area contributed by atoms with E-state index in [2.05, 4.69) is 5.32 Å². The van der Waals surface area contributed by atoms with E-state index in [-0.39, 0.29) is 5.02 Å². The van der Waals surface area contributed by atoms with Gasteiger partial charge in [-0.15, -0.1) is 0 Å².